The Kier molecular flexibility index (Phi) is 10.6. The summed E-state index contributed by atoms with van der Waals surface area (Å²) >= 11 is 0. The number of fused-ring (bicyclic) bond motifs is 2. The minimum absolute atomic E-state index is 0.210. The Hall–Kier alpha value is -5.68. The van der Waals surface area contributed by atoms with Crippen molar-refractivity contribution in [3.63, 3.8) is 0 Å². The fourth-order valence-corrected chi connectivity index (χ4v) is 8.45. The van der Waals surface area contributed by atoms with Gasteiger partial charge in [0.15, 0.2) is 0 Å². The lowest BCUT2D eigenvalue weighted by Gasteiger charge is -2.33. The first-order valence-corrected chi connectivity index (χ1v) is 18.7. The highest BCUT2D eigenvalue weighted by Gasteiger charge is 2.44. The summed E-state index contributed by atoms with van der Waals surface area (Å²) in [7, 11) is 0. The third-order valence-corrected chi connectivity index (χ3v) is 10.8. The van der Waals surface area contributed by atoms with E-state index < -0.39 is 60.4 Å². The zero-order valence-corrected chi connectivity index (χ0v) is 31.4. The molecule has 0 radical (unpaired) electrons. The Morgan fingerprint density at radius 2 is 0.982 bits per heavy atom. The number of aromatic nitrogens is 4. The van der Waals surface area contributed by atoms with E-state index in [0.29, 0.717) is 24.5 Å². The van der Waals surface area contributed by atoms with Crippen molar-refractivity contribution in [2.75, 3.05) is 13.1 Å². The lowest BCUT2D eigenvalue weighted by molar-refractivity contribution is -0.128. The number of H-pyrrole nitrogens is 2. The van der Waals surface area contributed by atoms with Gasteiger partial charge >= 0.3 is 12.2 Å². The molecule has 0 spiro atoms. The second-order valence-corrected chi connectivity index (χ2v) is 15.5. The number of nitrogens with zero attached hydrogens (tertiary/aromatic N) is 4. The molecule has 2 aromatic heterocycles. The molecule has 56 heavy (non-hydrogen) atoms. The zero-order chi connectivity index (χ0) is 40.0. The number of imidazole rings is 2. The minimum atomic E-state index is -1.42. The van der Waals surface area contributed by atoms with Gasteiger partial charge in [-0.15, -0.1) is 0 Å². The van der Waals surface area contributed by atoms with Gasteiger partial charge in [-0.1, -0.05) is 64.1 Å². The maximum absolute atomic E-state index is 12.9. The van der Waals surface area contributed by atoms with Crippen molar-refractivity contribution in [3.05, 3.63) is 72.3 Å². The third kappa shape index (κ3) is 7.73. The topological polar surface area (TPSA) is 237 Å². The van der Waals surface area contributed by atoms with Crippen LogP contribution in [0.3, 0.4) is 0 Å². The number of imide groups is 2. The molecule has 294 valence electrons. The molecule has 4 amide bonds. The van der Waals surface area contributed by atoms with Gasteiger partial charge in [0.2, 0.25) is 11.8 Å². The number of hydrogen-bond donors (Lipinski definition) is 8. The minimum Gasteiger partial charge on any atom is -0.465 e. The molecule has 3 aromatic carbocycles. The van der Waals surface area contributed by atoms with Crippen LogP contribution in [0, 0.1) is 11.8 Å². The average Bonchev–Trinajstić information content (AvgIpc) is 3.91. The van der Waals surface area contributed by atoms with Crippen LogP contribution in [-0.2, 0) is 9.59 Å². The van der Waals surface area contributed by atoms with Crippen molar-refractivity contribution in [1.82, 2.24) is 40.4 Å². The van der Waals surface area contributed by atoms with Crippen LogP contribution < -0.4 is 10.6 Å². The largest absolute Gasteiger partial charge is 0.465 e. The molecule has 2 aliphatic heterocycles. The van der Waals surface area contributed by atoms with Gasteiger partial charge in [-0.2, -0.15) is 0 Å². The molecular weight excluding hydrogens is 720 g/mol. The Balaban J connectivity index is 1.10. The Morgan fingerprint density at radius 3 is 1.32 bits per heavy atom. The number of hydrogen-bond acceptors (Lipinski definition) is 10. The molecule has 0 aliphatic carbocycles. The number of aliphatic hydroxyl groups is 2. The van der Waals surface area contributed by atoms with Crippen LogP contribution in [0.4, 0.5) is 9.59 Å². The third-order valence-electron chi connectivity index (χ3n) is 10.8. The van der Waals surface area contributed by atoms with E-state index in [1.807, 2.05) is 109 Å². The van der Waals surface area contributed by atoms with E-state index in [4.69, 9.17) is 9.97 Å². The van der Waals surface area contributed by atoms with E-state index in [9.17, 15) is 39.6 Å². The van der Waals surface area contributed by atoms with Crippen molar-refractivity contribution in [3.8, 4) is 22.3 Å². The maximum atomic E-state index is 12.9. The number of aliphatic hydroxyl groups excluding tert-OH is 2. The molecule has 2 aliphatic rings. The van der Waals surface area contributed by atoms with Crippen LogP contribution in [0.15, 0.2) is 60.7 Å². The molecule has 8 N–H and O–H groups in total. The van der Waals surface area contributed by atoms with Gasteiger partial charge in [0.1, 0.15) is 11.6 Å². The van der Waals surface area contributed by atoms with Crippen molar-refractivity contribution < 1.29 is 39.6 Å². The molecule has 16 heteroatoms. The molecule has 16 nitrogen and oxygen atoms in total. The molecule has 2 fully saturated rings. The van der Waals surface area contributed by atoms with Crippen LogP contribution in [0.2, 0.25) is 0 Å². The highest BCUT2D eigenvalue weighted by atomic mass is 16.4. The second-order valence-electron chi connectivity index (χ2n) is 15.5. The molecule has 5 aromatic rings. The normalized spacial score (nSPS) is 21.6. The molecule has 2 saturated heterocycles. The van der Waals surface area contributed by atoms with Gasteiger partial charge in [-0.05, 0) is 71.2 Å². The number of carbonyl (C=O) groups excluding carboxylic acids is 2. The van der Waals surface area contributed by atoms with Gasteiger partial charge in [0, 0.05) is 13.1 Å². The predicted molar refractivity (Wildman–Crippen MR) is 206 cm³/mol. The number of aromatic amines is 2. The molecule has 0 unspecified atom stereocenters. The number of likely N-dealkylation sites (tertiary alicyclic amines) is 2. The summed E-state index contributed by atoms with van der Waals surface area (Å²) in [6.45, 7) is 7.78. The first kappa shape index (κ1) is 38.6. The van der Waals surface area contributed by atoms with E-state index in [-0.39, 0.29) is 24.9 Å². The number of benzene rings is 3. The lowest BCUT2D eigenvalue weighted by Crippen LogP contribution is -2.51. The van der Waals surface area contributed by atoms with Crippen molar-refractivity contribution >= 4 is 46.1 Å². The van der Waals surface area contributed by atoms with Crippen molar-refractivity contribution in [2.45, 2.75) is 76.9 Å². The van der Waals surface area contributed by atoms with E-state index in [1.54, 1.807) is 0 Å². The van der Waals surface area contributed by atoms with Crippen LogP contribution in [0.5, 0.6) is 0 Å². The number of amides is 4. The van der Waals surface area contributed by atoms with E-state index >= 15 is 0 Å². The molecule has 0 bridgehead atoms. The average molecular weight is 767 g/mol. The summed E-state index contributed by atoms with van der Waals surface area (Å²) in [5, 5.41) is 43.5. The summed E-state index contributed by atoms with van der Waals surface area (Å²) in [5.74, 6) is -0.524. The Morgan fingerprint density at radius 1 is 0.625 bits per heavy atom. The first-order valence-electron chi connectivity index (χ1n) is 18.7. The number of carbonyl (C=O) groups is 4. The van der Waals surface area contributed by atoms with E-state index in [0.717, 1.165) is 44.3 Å². The monoisotopic (exact) mass is 766 g/mol. The predicted octanol–water partition coefficient (Wildman–Crippen LogP) is 4.63. The summed E-state index contributed by atoms with van der Waals surface area (Å²) in [4.78, 5) is 68.3. The first-order chi connectivity index (χ1) is 26.7. The molecule has 0 saturated carbocycles. The summed E-state index contributed by atoms with van der Waals surface area (Å²) in [5.41, 5.74) is 6.89. The van der Waals surface area contributed by atoms with Gasteiger partial charge in [-0.25, -0.2) is 19.6 Å². The van der Waals surface area contributed by atoms with Crippen LogP contribution in [-0.4, -0.2) is 112 Å². The van der Waals surface area contributed by atoms with E-state index in [1.165, 1.54) is 0 Å². The smallest absolute Gasteiger partial charge is 0.411 e. The van der Waals surface area contributed by atoms with Crippen LogP contribution >= 0.6 is 0 Å². The number of carboxylic acid groups (broad SMARTS) is 2. The van der Waals surface area contributed by atoms with Gasteiger partial charge in [0.05, 0.1) is 58.4 Å². The number of nitrogens with one attached hydrogen (secondary N) is 4. The van der Waals surface area contributed by atoms with E-state index in [2.05, 4.69) is 9.97 Å². The van der Waals surface area contributed by atoms with Gasteiger partial charge in [-0.3, -0.25) is 30.0 Å². The summed E-state index contributed by atoms with van der Waals surface area (Å²) < 4.78 is 0. The van der Waals surface area contributed by atoms with Gasteiger partial charge in [0.25, 0.3) is 0 Å². The quantitative estimate of drug-likeness (QED) is 0.0972. The van der Waals surface area contributed by atoms with Crippen LogP contribution in [0.1, 0.15) is 64.3 Å². The number of rotatable bonds is 10. The van der Waals surface area contributed by atoms with Crippen LogP contribution in [0.25, 0.3) is 44.3 Å². The second kappa shape index (κ2) is 15.5. The fourth-order valence-electron chi connectivity index (χ4n) is 8.45. The molecule has 7 rings (SSSR count). The highest BCUT2D eigenvalue weighted by Crippen LogP contribution is 2.38. The summed E-state index contributed by atoms with van der Waals surface area (Å²) in [6, 6.07) is 17.6. The molecule has 4 heterocycles. The number of β-amino-alcohol motifs (C(OH)–C–C–N with tert-alkyl or cyclic N) is 2. The highest BCUT2D eigenvalue weighted by molar-refractivity contribution is 5.95. The zero-order valence-electron chi connectivity index (χ0n) is 31.4. The van der Waals surface area contributed by atoms with Crippen molar-refractivity contribution in [1.29, 1.82) is 0 Å². The summed E-state index contributed by atoms with van der Waals surface area (Å²) in [6.07, 6.45) is -3.56. The fraction of sp³-hybridized carbons (Fsp3) is 0.400. The Labute approximate surface area is 321 Å². The lowest BCUT2D eigenvalue weighted by atomic mass is 10.00. The maximum Gasteiger partial charge on any atom is 0.411 e. The molecular formula is C40H46N8O8. The van der Waals surface area contributed by atoms with Gasteiger partial charge < -0.3 is 30.4 Å². The SMILES string of the molecule is CC(C)[C@@H](C(=O)NC(=O)O)N1C[C@H](O)C[C@H]1c1nc2ccc(-c3ccc(-c4ccc5nc([C@@H]6C[C@@H](O)CN6[C@H](C(=O)NC(=O)O)C(C)C)[nH]c5c4)cc3)cc2[nH]1. The standard InChI is InChI=1S/C40H46N8O8/c1-19(2)33(37(51)45-39(53)54)47-17-25(49)15-31(47)35-41-27-11-9-23(13-29(27)43-35)21-5-7-22(8-6-21)24-10-12-28-30(14-24)44-36(42-28)32-16-26(50)18-48(32)34(20(3)4)38(52)46-40(55)56/h5-14,19-20,25-26,31-34,49-50H,15-18H2,1-4H3,(H,41,43)(H,42,44)(H,45,51)(H,46,52)(H,53,54)(H,55,56)/t25-,26-,31+,32+,33+,34+/m1/s1. The van der Waals surface area contributed by atoms with Crippen molar-refractivity contribution in [2.24, 2.45) is 11.8 Å². The Bertz CT molecular complexity index is 2130. The molecule has 6 atom stereocenters.